The van der Waals surface area contributed by atoms with Crippen molar-refractivity contribution in [1.29, 1.82) is 0 Å². The maximum Gasteiger partial charge on any atom is 0.407 e. The number of sulfonamides is 1. The summed E-state index contributed by atoms with van der Waals surface area (Å²) in [7, 11) is -3.71. The molecule has 0 saturated heterocycles. The minimum atomic E-state index is -3.71. The number of nitrogens with one attached hydrogen (secondary N) is 2. The first-order valence-corrected chi connectivity index (χ1v) is 9.73. The Balaban J connectivity index is 2.50. The van der Waals surface area contributed by atoms with Crippen LogP contribution < -0.4 is 10.0 Å². The number of carbonyl (C=O) groups is 2. The minimum Gasteiger partial charge on any atom is -0.466 e. The molecule has 1 rings (SSSR count). The number of carbonyl (C=O) groups excluding carboxylic acids is 2. The van der Waals surface area contributed by atoms with Crippen LogP contribution >= 0.6 is 0 Å². The van der Waals surface area contributed by atoms with E-state index in [1.54, 1.807) is 39.8 Å². The van der Waals surface area contributed by atoms with E-state index in [1.807, 2.05) is 0 Å². The van der Waals surface area contributed by atoms with Crippen molar-refractivity contribution in [3.05, 3.63) is 29.8 Å². The van der Waals surface area contributed by atoms with Crippen LogP contribution in [0.15, 0.2) is 29.2 Å². The molecule has 26 heavy (non-hydrogen) atoms. The van der Waals surface area contributed by atoms with Gasteiger partial charge in [-0.25, -0.2) is 17.9 Å². The molecule has 0 aliphatic carbocycles. The average Bonchev–Trinajstić information content (AvgIpc) is 2.51. The summed E-state index contributed by atoms with van der Waals surface area (Å²) >= 11 is 0. The average molecular weight is 386 g/mol. The number of benzene rings is 1. The van der Waals surface area contributed by atoms with Crippen LogP contribution in [0.2, 0.25) is 0 Å². The predicted octanol–water partition coefficient (Wildman–Crippen LogP) is 1.60. The van der Waals surface area contributed by atoms with Crippen LogP contribution in [0, 0.1) is 0 Å². The molecule has 146 valence electrons. The van der Waals surface area contributed by atoms with Crippen molar-refractivity contribution in [1.82, 2.24) is 10.0 Å². The highest BCUT2D eigenvalue weighted by Gasteiger charge is 2.17. The Labute approximate surface area is 154 Å². The highest BCUT2D eigenvalue weighted by molar-refractivity contribution is 7.89. The van der Waals surface area contributed by atoms with Crippen molar-refractivity contribution in [2.45, 2.75) is 44.6 Å². The van der Waals surface area contributed by atoms with Crippen LogP contribution in [0.4, 0.5) is 4.79 Å². The molecule has 0 bridgehead atoms. The van der Waals surface area contributed by atoms with E-state index in [2.05, 4.69) is 10.0 Å². The van der Waals surface area contributed by atoms with Gasteiger partial charge in [-0.2, -0.15) is 0 Å². The van der Waals surface area contributed by atoms with Gasteiger partial charge in [0.25, 0.3) is 0 Å². The van der Waals surface area contributed by atoms with Crippen molar-refractivity contribution in [3.63, 3.8) is 0 Å². The quantitative estimate of drug-likeness (QED) is 0.519. The lowest BCUT2D eigenvalue weighted by molar-refractivity contribution is -0.142. The van der Waals surface area contributed by atoms with Gasteiger partial charge in [0.2, 0.25) is 10.0 Å². The van der Waals surface area contributed by atoms with Gasteiger partial charge >= 0.3 is 12.1 Å². The van der Waals surface area contributed by atoms with Gasteiger partial charge in [-0.05, 0) is 45.4 Å². The molecule has 0 radical (unpaired) electrons. The van der Waals surface area contributed by atoms with Gasteiger partial charge in [-0.15, -0.1) is 0 Å². The third-order valence-corrected chi connectivity index (χ3v) is 4.45. The first-order chi connectivity index (χ1) is 12.0. The molecular formula is C17H26N2O6S. The molecule has 9 heteroatoms. The molecule has 0 aliphatic rings. The van der Waals surface area contributed by atoms with Crippen LogP contribution in [-0.4, -0.2) is 45.8 Å². The molecule has 1 amide bonds. The van der Waals surface area contributed by atoms with Crippen LogP contribution in [0.1, 0.15) is 33.3 Å². The van der Waals surface area contributed by atoms with Crippen molar-refractivity contribution >= 4 is 22.1 Å². The minimum absolute atomic E-state index is 0.0200. The van der Waals surface area contributed by atoms with E-state index >= 15 is 0 Å². The summed E-state index contributed by atoms with van der Waals surface area (Å²) < 4.78 is 36.7. The summed E-state index contributed by atoms with van der Waals surface area (Å²) in [6.07, 6.45) is -0.526. The fraction of sp³-hybridized carbons (Fsp3) is 0.529. The number of hydrogen-bond acceptors (Lipinski definition) is 6. The summed E-state index contributed by atoms with van der Waals surface area (Å²) in [4.78, 5) is 23.0. The molecule has 1 aromatic carbocycles. The Kier molecular flexibility index (Phi) is 8.04. The number of esters is 1. The Morgan fingerprint density at radius 3 is 2.23 bits per heavy atom. The maximum absolute atomic E-state index is 12.2. The lowest BCUT2D eigenvalue weighted by atomic mass is 10.1. The highest BCUT2D eigenvalue weighted by atomic mass is 32.2. The summed E-state index contributed by atoms with van der Waals surface area (Å²) in [5.74, 6) is -0.366. The summed E-state index contributed by atoms with van der Waals surface area (Å²) in [5, 5.41) is 2.47. The molecule has 0 unspecified atom stereocenters. The lowest BCUT2D eigenvalue weighted by Crippen LogP contribution is -2.37. The molecule has 0 aliphatic heterocycles. The van der Waals surface area contributed by atoms with Crippen LogP contribution in [0.25, 0.3) is 0 Å². The lowest BCUT2D eigenvalue weighted by Gasteiger charge is -2.19. The molecule has 0 fully saturated rings. The van der Waals surface area contributed by atoms with Gasteiger partial charge < -0.3 is 14.8 Å². The molecule has 0 spiro atoms. The van der Waals surface area contributed by atoms with Crippen molar-refractivity contribution < 1.29 is 27.5 Å². The van der Waals surface area contributed by atoms with E-state index in [1.165, 1.54) is 12.1 Å². The van der Waals surface area contributed by atoms with Crippen molar-refractivity contribution in [2.24, 2.45) is 0 Å². The van der Waals surface area contributed by atoms with Crippen LogP contribution in [-0.2, 0) is 30.7 Å². The largest absolute Gasteiger partial charge is 0.466 e. The molecule has 0 atom stereocenters. The maximum atomic E-state index is 12.2. The Bertz CT molecular complexity index is 708. The SMILES string of the molecule is CCOC(=O)Cc1ccc(S(=O)(=O)NCCNC(=O)OC(C)(C)C)cc1. The molecular weight excluding hydrogens is 360 g/mol. The van der Waals surface area contributed by atoms with Crippen LogP contribution in [0.5, 0.6) is 0 Å². The third-order valence-electron chi connectivity index (χ3n) is 2.97. The van der Waals surface area contributed by atoms with E-state index in [9.17, 15) is 18.0 Å². The summed E-state index contributed by atoms with van der Waals surface area (Å²) in [6, 6.07) is 5.95. The van der Waals surface area contributed by atoms with Crippen molar-refractivity contribution in [3.8, 4) is 0 Å². The smallest absolute Gasteiger partial charge is 0.407 e. The predicted molar refractivity (Wildman–Crippen MR) is 96.2 cm³/mol. The van der Waals surface area contributed by atoms with Gasteiger partial charge in [-0.3, -0.25) is 4.79 Å². The molecule has 0 saturated carbocycles. The van der Waals surface area contributed by atoms with Gasteiger partial charge in [0.05, 0.1) is 17.9 Å². The van der Waals surface area contributed by atoms with E-state index in [-0.39, 0.29) is 30.4 Å². The van der Waals surface area contributed by atoms with E-state index in [0.29, 0.717) is 12.2 Å². The topological polar surface area (TPSA) is 111 Å². The zero-order valence-corrected chi connectivity index (χ0v) is 16.3. The molecule has 8 nitrogen and oxygen atoms in total. The standard InChI is InChI=1S/C17H26N2O6S/c1-5-24-15(20)12-13-6-8-14(9-7-13)26(22,23)19-11-10-18-16(21)25-17(2,3)4/h6-9,19H,5,10-12H2,1-4H3,(H,18,21). The monoisotopic (exact) mass is 386 g/mol. The number of rotatable bonds is 8. The first kappa shape index (κ1) is 21.9. The van der Waals surface area contributed by atoms with Gasteiger partial charge in [0, 0.05) is 13.1 Å². The number of alkyl carbamates (subject to hydrolysis) is 1. The van der Waals surface area contributed by atoms with Gasteiger partial charge in [0.15, 0.2) is 0 Å². The second kappa shape index (κ2) is 9.54. The highest BCUT2D eigenvalue weighted by Crippen LogP contribution is 2.11. The fourth-order valence-corrected chi connectivity index (χ4v) is 2.94. The number of amides is 1. The number of hydrogen-bond donors (Lipinski definition) is 2. The second-order valence-corrected chi connectivity index (χ2v) is 8.22. The molecule has 0 heterocycles. The number of ether oxygens (including phenoxy) is 2. The van der Waals surface area contributed by atoms with Crippen molar-refractivity contribution in [2.75, 3.05) is 19.7 Å². The molecule has 2 N–H and O–H groups in total. The van der Waals surface area contributed by atoms with Gasteiger partial charge in [-0.1, -0.05) is 12.1 Å². The zero-order valence-electron chi connectivity index (χ0n) is 15.5. The summed E-state index contributed by atoms with van der Waals surface area (Å²) in [6.45, 7) is 7.34. The third kappa shape index (κ3) is 8.30. The second-order valence-electron chi connectivity index (χ2n) is 6.45. The zero-order chi connectivity index (χ0) is 19.8. The van der Waals surface area contributed by atoms with E-state index in [0.717, 1.165) is 0 Å². The Morgan fingerprint density at radius 1 is 1.08 bits per heavy atom. The van der Waals surface area contributed by atoms with E-state index < -0.39 is 21.7 Å². The normalized spacial score (nSPS) is 11.7. The fourth-order valence-electron chi connectivity index (χ4n) is 1.91. The van der Waals surface area contributed by atoms with E-state index in [4.69, 9.17) is 9.47 Å². The Morgan fingerprint density at radius 2 is 1.69 bits per heavy atom. The van der Waals surface area contributed by atoms with Gasteiger partial charge in [0.1, 0.15) is 5.60 Å². The first-order valence-electron chi connectivity index (χ1n) is 8.24. The molecule has 1 aromatic rings. The summed E-state index contributed by atoms with van der Waals surface area (Å²) in [5.41, 5.74) is 0.0449. The van der Waals surface area contributed by atoms with Crippen LogP contribution in [0.3, 0.4) is 0 Å². The Hall–Kier alpha value is -2.13. The molecule has 0 aromatic heterocycles.